The molecule has 1 aliphatic heterocycles. The minimum Gasteiger partial charge on any atom is -0.485 e. The average Bonchev–Trinajstić information content (AvgIpc) is 2.71. The quantitative estimate of drug-likeness (QED) is 0.527. The molecule has 4 nitrogen and oxygen atoms in total. The predicted octanol–water partition coefficient (Wildman–Crippen LogP) is 5.55. The Morgan fingerprint density at radius 2 is 1.93 bits per heavy atom. The molecule has 0 bridgehead atoms. The third-order valence-electron chi connectivity index (χ3n) is 6.20. The van der Waals surface area contributed by atoms with E-state index in [1.807, 2.05) is 45.0 Å². The van der Waals surface area contributed by atoms with Crippen LogP contribution >= 0.6 is 11.6 Å². The second-order valence-corrected chi connectivity index (χ2v) is 9.11. The van der Waals surface area contributed by atoms with Crippen molar-refractivity contribution in [2.75, 3.05) is 6.54 Å². The number of benzene rings is 2. The fraction of sp³-hybridized carbons (Fsp3) is 0.400. The van der Waals surface area contributed by atoms with Crippen LogP contribution in [0.25, 0.3) is 10.9 Å². The number of fused-ring (bicyclic) bond motifs is 2. The van der Waals surface area contributed by atoms with E-state index < -0.39 is 11.7 Å². The molecule has 4 rings (SSSR count). The van der Waals surface area contributed by atoms with Crippen LogP contribution in [0, 0.1) is 6.92 Å². The highest BCUT2D eigenvalue weighted by atomic mass is 35.5. The molecule has 5 heteroatoms. The van der Waals surface area contributed by atoms with E-state index in [9.17, 15) is 5.11 Å². The van der Waals surface area contributed by atoms with E-state index >= 15 is 0 Å². The molecule has 0 saturated heterocycles. The first-order chi connectivity index (χ1) is 14.3. The van der Waals surface area contributed by atoms with E-state index in [1.165, 1.54) is 5.56 Å². The zero-order chi connectivity index (χ0) is 21.5. The fourth-order valence-corrected chi connectivity index (χ4v) is 4.61. The van der Waals surface area contributed by atoms with Crippen LogP contribution in [0.1, 0.15) is 55.8 Å². The van der Waals surface area contributed by atoms with E-state index in [-0.39, 0.29) is 6.04 Å². The smallest absolute Gasteiger partial charge is 0.131 e. The molecule has 3 aromatic rings. The van der Waals surface area contributed by atoms with Gasteiger partial charge in [0.25, 0.3) is 0 Å². The number of pyridine rings is 1. The molecule has 1 aliphatic rings. The van der Waals surface area contributed by atoms with Crippen molar-refractivity contribution in [2.45, 2.75) is 57.8 Å². The molecule has 30 heavy (non-hydrogen) atoms. The second kappa shape index (κ2) is 8.18. The van der Waals surface area contributed by atoms with Crippen molar-refractivity contribution in [2.24, 2.45) is 0 Å². The monoisotopic (exact) mass is 424 g/mol. The van der Waals surface area contributed by atoms with Gasteiger partial charge < -0.3 is 15.2 Å². The number of halogens is 1. The van der Waals surface area contributed by atoms with Crippen LogP contribution in [-0.2, 0) is 0 Å². The highest BCUT2D eigenvalue weighted by molar-refractivity contribution is 6.29. The molecule has 0 spiro atoms. The molecule has 2 heterocycles. The maximum Gasteiger partial charge on any atom is 0.131 e. The zero-order valence-electron chi connectivity index (χ0n) is 17.9. The number of aryl methyl sites for hydroxylation is 1. The van der Waals surface area contributed by atoms with Gasteiger partial charge in [0.05, 0.1) is 11.6 Å². The number of hydrogen-bond donors (Lipinski definition) is 2. The highest BCUT2D eigenvalue weighted by Gasteiger charge is 2.43. The van der Waals surface area contributed by atoms with Gasteiger partial charge >= 0.3 is 0 Å². The molecule has 0 fully saturated rings. The summed E-state index contributed by atoms with van der Waals surface area (Å²) < 4.78 is 6.22. The number of rotatable bonds is 5. The van der Waals surface area contributed by atoms with E-state index in [4.69, 9.17) is 16.3 Å². The first-order valence-corrected chi connectivity index (χ1v) is 10.9. The van der Waals surface area contributed by atoms with E-state index in [1.54, 1.807) is 0 Å². The summed E-state index contributed by atoms with van der Waals surface area (Å²) in [5.74, 6) is 1.15. The first kappa shape index (κ1) is 21.1. The van der Waals surface area contributed by atoms with Gasteiger partial charge in [-0.2, -0.15) is 0 Å². The molecule has 0 aliphatic carbocycles. The van der Waals surface area contributed by atoms with Crippen LogP contribution in [0.3, 0.4) is 0 Å². The Balaban J connectivity index is 1.71. The molecule has 2 aromatic carbocycles. The molecule has 1 aromatic heterocycles. The van der Waals surface area contributed by atoms with Crippen molar-refractivity contribution < 1.29 is 9.84 Å². The summed E-state index contributed by atoms with van der Waals surface area (Å²) in [4.78, 5) is 4.50. The molecular weight excluding hydrogens is 396 g/mol. The van der Waals surface area contributed by atoms with Gasteiger partial charge in [-0.05, 0) is 62.4 Å². The van der Waals surface area contributed by atoms with Gasteiger partial charge in [-0.1, -0.05) is 48.9 Å². The summed E-state index contributed by atoms with van der Waals surface area (Å²) in [6.07, 6.45) is 0.316. The van der Waals surface area contributed by atoms with Crippen LogP contribution in [-0.4, -0.2) is 28.3 Å². The van der Waals surface area contributed by atoms with Crippen molar-refractivity contribution in [3.8, 4) is 5.75 Å². The van der Waals surface area contributed by atoms with E-state index in [2.05, 4.69) is 41.5 Å². The van der Waals surface area contributed by atoms with Crippen LogP contribution < -0.4 is 10.1 Å². The lowest BCUT2D eigenvalue weighted by atomic mass is 9.85. The third-order valence-corrected chi connectivity index (χ3v) is 6.39. The number of hydrogen-bond acceptors (Lipinski definition) is 4. The summed E-state index contributed by atoms with van der Waals surface area (Å²) in [5.41, 5.74) is 3.39. The molecule has 0 saturated carbocycles. The number of aliphatic hydroxyl groups is 1. The van der Waals surface area contributed by atoms with Crippen LogP contribution in [0.15, 0.2) is 48.5 Å². The molecule has 0 amide bonds. The molecule has 3 unspecified atom stereocenters. The lowest BCUT2D eigenvalue weighted by molar-refractivity contribution is -0.0645. The maximum atomic E-state index is 11.1. The van der Waals surface area contributed by atoms with Gasteiger partial charge in [0, 0.05) is 17.5 Å². The van der Waals surface area contributed by atoms with Crippen molar-refractivity contribution in [3.05, 3.63) is 70.4 Å². The fourth-order valence-electron chi connectivity index (χ4n) is 4.36. The van der Waals surface area contributed by atoms with Gasteiger partial charge in [-0.15, -0.1) is 0 Å². The Bertz CT molecular complexity index is 1050. The normalized spacial score (nSPS) is 21.1. The van der Waals surface area contributed by atoms with Gasteiger partial charge in [0.1, 0.15) is 22.6 Å². The first-order valence-electron chi connectivity index (χ1n) is 10.6. The topological polar surface area (TPSA) is 54.4 Å². The van der Waals surface area contributed by atoms with Gasteiger partial charge in [0.2, 0.25) is 0 Å². The largest absolute Gasteiger partial charge is 0.485 e. The third kappa shape index (κ3) is 3.92. The summed E-state index contributed by atoms with van der Waals surface area (Å²) in [7, 11) is 0. The number of nitrogens with zero attached hydrogens (tertiary/aromatic N) is 1. The standard InChI is InChI=1S/C25H29ClN2O2/c1-5-16(17-9-7-6-8-10-17)14-27-23-19-12-20-18(15(2)11-22(26)28-20)13-21(19)30-25(3,4)24(23)29/h6-13,16,23-24,27,29H,5,14H2,1-4H3. The summed E-state index contributed by atoms with van der Waals surface area (Å²) in [6, 6.07) is 16.1. The van der Waals surface area contributed by atoms with Crippen molar-refractivity contribution in [1.82, 2.24) is 10.3 Å². The summed E-state index contributed by atoms with van der Waals surface area (Å²) in [5, 5.41) is 16.3. The molecule has 158 valence electrons. The number of aromatic nitrogens is 1. The van der Waals surface area contributed by atoms with Crippen LogP contribution in [0.4, 0.5) is 0 Å². The number of nitrogens with one attached hydrogen (secondary N) is 1. The number of ether oxygens (including phenoxy) is 1. The average molecular weight is 425 g/mol. The Hall–Kier alpha value is -2.14. The van der Waals surface area contributed by atoms with Crippen LogP contribution in [0.2, 0.25) is 5.15 Å². The molecule has 0 radical (unpaired) electrons. The Morgan fingerprint density at radius 1 is 1.20 bits per heavy atom. The predicted molar refractivity (Wildman–Crippen MR) is 122 cm³/mol. The summed E-state index contributed by atoms with van der Waals surface area (Å²) >= 11 is 6.20. The highest BCUT2D eigenvalue weighted by Crippen LogP contribution is 2.42. The minimum atomic E-state index is -0.708. The van der Waals surface area contributed by atoms with E-state index in [0.29, 0.717) is 11.1 Å². The lowest BCUT2D eigenvalue weighted by Crippen LogP contribution is -2.53. The SMILES string of the molecule is CCC(CNC1c2cc3nc(Cl)cc(C)c3cc2OC(C)(C)C1O)c1ccccc1. The second-order valence-electron chi connectivity index (χ2n) is 8.72. The molecule has 2 N–H and O–H groups in total. The van der Waals surface area contributed by atoms with Gasteiger partial charge in [0.15, 0.2) is 0 Å². The Labute approximate surface area is 183 Å². The molecule has 3 atom stereocenters. The Morgan fingerprint density at radius 3 is 2.63 bits per heavy atom. The van der Waals surface area contributed by atoms with Crippen molar-refractivity contribution >= 4 is 22.5 Å². The minimum absolute atomic E-state index is 0.257. The van der Waals surface area contributed by atoms with Crippen molar-refractivity contribution in [1.29, 1.82) is 0 Å². The van der Waals surface area contributed by atoms with Crippen molar-refractivity contribution in [3.63, 3.8) is 0 Å². The lowest BCUT2D eigenvalue weighted by Gasteiger charge is -2.43. The van der Waals surface area contributed by atoms with Crippen LogP contribution in [0.5, 0.6) is 5.75 Å². The van der Waals surface area contributed by atoms with E-state index in [0.717, 1.165) is 40.7 Å². The Kier molecular flexibility index (Phi) is 5.75. The summed E-state index contributed by atoms with van der Waals surface area (Å²) in [6.45, 7) is 8.84. The van der Waals surface area contributed by atoms with Gasteiger partial charge in [-0.3, -0.25) is 0 Å². The zero-order valence-corrected chi connectivity index (χ0v) is 18.7. The number of aliphatic hydroxyl groups excluding tert-OH is 1. The maximum absolute atomic E-state index is 11.1. The van der Waals surface area contributed by atoms with Gasteiger partial charge in [-0.25, -0.2) is 4.98 Å². The molecular formula is C25H29ClN2O2.